The third-order valence-electron chi connectivity index (χ3n) is 3.10. The maximum Gasteiger partial charge on any atom is 0.222 e. The van der Waals surface area contributed by atoms with E-state index in [1.54, 1.807) is 0 Å². The van der Waals surface area contributed by atoms with Gasteiger partial charge in [-0.2, -0.15) is 0 Å². The minimum absolute atomic E-state index is 0.0171. The Balaban J connectivity index is 2.15. The maximum atomic E-state index is 11.5. The van der Waals surface area contributed by atoms with Crippen LogP contribution >= 0.6 is 0 Å². The SMILES string of the molecule is CC(C)C(=O)NCc1ccc2nc(C(C)C)[nH]c2c1. The van der Waals surface area contributed by atoms with Crippen LogP contribution in [-0.4, -0.2) is 15.9 Å². The van der Waals surface area contributed by atoms with E-state index >= 15 is 0 Å². The van der Waals surface area contributed by atoms with E-state index in [1.807, 2.05) is 26.0 Å². The Kier molecular flexibility index (Phi) is 3.88. The molecule has 0 fully saturated rings. The summed E-state index contributed by atoms with van der Waals surface area (Å²) in [7, 11) is 0. The number of hydrogen-bond donors (Lipinski definition) is 2. The summed E-state index contributed by atoms with van der Waals surface area (Å²) >= 11 is 0. The van der Waals surface area contributed by atoms with Gasteiger partial charge in [-0.05, 0) is 17.7 Å². The van der Waals surface area contributed by atoms with Crippen LogP contribution in [0.2, 0.25) is 0 Å². The fourth-order valence-corrected chi connectivity index (χ4v) is 1.85. The average molecular weight is 259 g/mol. The quantitative estimate of drug-likeness (QED) is 0.887. The van der Waals surface area contributed by atoms with Gasteiger partial charge in [-0.25, -0.2) is 4.98 Å². The fourth-order valence-electron chi connectivity index (χ4n) is 1.85. The van der Waals surface area contributed by atoms with Gasteiger partial charge in [-0.1, -0.05) is 33.8 Å². The molecule has 1 aromatic heterocycles. The summed E-state index contributed by atoms with van der Waals surface area (Å²) in [4.78, 5) is 19.4. The van der Waals surface area contributed by atoms with Gasteiger partial charge in [-0.3, -0.25) is 4.79 Å². The molecule has 1 amide bonds. The van der Waals surface area contributed by atoms with E-state index in [9.17, 15) is 4.79 Å². The molecule has 102 valence electrons. The average Bonchev–Trinajstić information content (AvgIpc) is 2.78. The molecule has 0 unspecified atom stereocenters. The van der Waals surface area contributed by atoms with Gasteiger partial charge in [0, 0.05) is 18.4 Å². The number of carbonyl (C=O) groups excluding carboxylic acids is 1. The molecule has 0 aliphatic carbocycles. The van der Waals surface area contributed by atoms with Crippen molar-refractivity contribution in [3.8, 4) is 0 Å². The van der Waals surface area contributed by atoms with Crippen LogP contribution in [-0.2, 0) is 11.3 Å². The largest absolute Gasteiger partial charge is 0.352 e. The first kappa shape index (κ1) is 13.6. The summed E-state index contributed by atoms with van der Waals surface area (Å²) in [6.07, 6.45) is 0. The molecule has 0 spiro atoms. The molecule has 0 saturated carbocycles. The predicted molar refractivity (Wildman–Crippen MR) is 76.9 cm³/mol. The number of nitrogens with zero attached hydrogens (tertiary/aromatic N) is 1. The van der Waals surface area contributed by atoms with E-state index in [0.717, 1.165) is 22.4 Å². The van der Waals surface area contributed by atoms with Crippen molar-refractivity contribution in [3.63, 3.8) is 0 Å². The summed E-state index contributed by atoms with van der Waals surface area (Å²) in [5, 5.41) is 2.92. The zero-order valence-corrected chi connectivity index (χ0v) is 11.9. The van der Waals surface area contributed by atoms with Crippen molar-refractivity contribution in [1.29, 1.82) is 0 Å². The van der Waals surface area contributed by atoms with E-state index in [1.165, 1.54) is 0 Å². The van der Waals surface area contributed by atoms with Crippen LogP contribution in [0.1, 0.15) is 45.0 Å². The lowest BCUT2D eigenvalue weighted by atomic mass is 10.1. The molecular formula is C15H21N3O. The molecule has 4 heteroatoms. The fraction of sp³-hybridized carbons (Fsp3) is 0.467. The summed E-state index contributed by atoms with van der Waals surface area (Å²) in [5.74, 6) is 1.48. The number of rotatable bonds is 4. The first-order valence-corrected chi connectivity index (χ1v) is 6.73. The highest BCUT2D eigenvalue weighted by Gasteiger charge is 2.08. The lowest BCUT2D eigenvalue weighted by molar-refractivity contribution is -0.124. The molecule has 0 aliphatic heterocycles. The Bertz CT molecular complexity index is 584. The summed E-state index contributed by atoms with van der Waals surface area (Å²) in [6.45, 7) is 8.57. The smallest absolute Gasteiger partial charge is 0.222 e. The molecule has 2 aromatic rings. The van der Waals surface area contributed by atoms with Crippen molar-refractivity contribution < 1.29 is 4.79 Å². The first-order chi connectivity index (χ1) is 8.97. The molecule has 1 heterocycles. The van der Waals surface area contributed by atoms with Gasteiger partial charge in [0.1, 0.15) is 5.82 Å². The zero-order chi connectivity index (χ0) is 14.0. The Morgan fingerprint density at radius 3 is 2.68 bits per heavy atom. The lowest BCUT2D eigenvalue weighted by Gasteiger charge is -2.07. The van der Waals surface area contributed by atoms with Gasteiger partial charge in [0.2, 0.25) is 5.91 Å². The van der Waals surface area contributed by atoms with Crippen LogP contribution in [0.3, 0.4) is 0 Å². The van der Waals surface area contributed by atoms with Gasteiger partial charge >= 0.3 is 0 Å². The summed E-state index contributed by atoms with van der Waals surface area (Å²) < 4.78 is 0. The lowest BCUT2D eigenvalue weighted by Crippen LogP contribution is -2.27. The number of imidazole rings is 1. The Labute approximate surface area is 113 Å². The van der Waals surface area contributed by atoms with Gasteiger partial charge in [-0.15, -0.1) is 0 Å². The molecule has 1 aromatic carbocycles. The zero-order valence-electron chi connectivity index (χ0n) is 11.9. The highest BCUT2D eigenvalue weighted by molar-refractivity contribution is 5.78. The number of hydrogen-bond acceptors (Lipinski definition) is 2. The summed E-state index contributed by atoms with van der Waals surface area (Å²) in [6, 6.07) is 6.05. The topological polar surface area (TPSA) is 57.8 Å². The van der Waals surface area contributed by atoms with Gasteiger partial charge in [0.25, 0.3) is 0 Å². The molecule has 0 aliphatic rings. The van der Waals surface area contributed by atoms with E-state index in [4.69, 9.17) is 0 Å². The second-order valence-corrected chi connectivity index (χ2v) is 5.50. The molecule has 0 radical (unpaired) electrons. The number of amides is 1. The molecule has 0 atom stereocenters. The second-order valence-electron chi connectivity index (χ2n) is 5.50. The van der Waals surface area contributed by atoms with Crippen molar-refractivity contribution in [1.82, 2.24) is 15.3 Å². The van der Waals surface area contributed by atoms with Crippen LogP contribution in [0.5, 0.6) is 0 Å². The first-order valence-electron chi connectivity index (χ1n) is 6.73. The summed E-state index contributed by atoms with van der Waals surface area (Å²) in [5.41, 5.74) is 3.09. The van der Waals surface area contributed by atoms with E-state index < -0.39 is 0 Å². The van der Waals surface area contributed by atoms with Crippen LogP contribution in [0, 0.1) is 5.92 Å². The van der Waals surface area contributed by atoms with Crippen molar-refractivity contribution >= 4 is 16.9 Å². The minimum Gasteiger partial charge on any atom is -0.352 e. The molecular weight excluding hydrogens is 238 g/mol. The van der Waals surface area contributed by atoms with E-state index in [-0.39, 0.29) is 11.8 Å². The normalized spacial score (nSPS) is 11.5. The van der Waals surface area contributed by atoms with E-state index in [0.29, 0.717) is 12.5 Å². The number of H-pyrrole nitrogens is 1. The van der Waals surface area contributed by atoms with Crippen LogP contribution in [0.15, 0.2) is 18.2 Å². The highest BCUT2D eigenvalue weighted by Crippen LogP contribution is 2.18. The van der Waals surface area contributed by atoms with Gasteiger partial charge in [0.15, 0.2) is 0 Å². The Morgan fingerprint density at radius 1 is 1.32 bits per heavy atom. The Morgan fingerprint density at radius 2 is 2.05 bits per heavy atom. The molecule has 0 saturated heterocycles. The third kappa shape index (κ3) is 3.13. The van der Waals surface area contributed by atoms with Crippen LogP contribution in [0.25, 0.3) is 11.0 Å². The van der Waals surface area contributed by atoms with Crippen molar-refractivity contribution in [3.05, 3.63) is 29.6 Å². The van der Waals surface area contributed by atoms with Crippen molar-refractivity contribution in [2.75, 3.05) is 0 Å². The number of benzene rings is 1. The molecule has 2 N–H and O–H groups in total. The van der Waals surface area contributed by atoms with E-state index in [2.05, 4.69) is 35.2 Å². The standard InChI is InChI=1S/C15H21N3O/c1-9(2)14-17-12-6-5-11(7-13(12)18-14)8-16-15(19)10(3)4/h5-7,9-10H,8H2,1-4H3,(H,16,19)(H,17,18). The van der Waals surface area contributed by atoms with Crippen LogP contribution in [0.4, 0.5) is 0 Å². The number of fused-ring (bicyclic) bond motifs is 1. The predicted octanol–water partition coefficient (Wildman–Crippen LogP) is 2.96. The number of carbonyl (C=O) groups is 1. The van der Waals surface area contributed by atoms with Crippen molar-refractivity contribution in [2.45, 2.75) is 40.2 Å². The monoisotopic (exact) mass is 259 g/mol. The highest BCUT2D eigenvalue weighted by atomic mass is 16.1. The number of aromatic amines is 1. The van der Waals surface area contributed by atoms with Gasteiger partial charge < -0.3 is 10.3 Å². The molecule has 4 nitrogen and oxygen atoms in total. The van der Waals surface area contributed by atoms with Gasteiger partial charge in [0.05, 0.1) is 11.0 Å². The van der Waals surface area contributed by atoms with Crippen molar-refractivity contribution in [2.24, 2.45) is 5.92 Å². The Hall–Kier alpha value is -1.84. The number of aromatic nitrogens is 2. The molecule has 19 heavy (non-hydrogen) atoms. The minimum atomic E-state index is 0.0171. The van der Waals surface area contributed by atoms with Crippen LogP contribution < -0.4 is 5.32 Å². The number of nitrogens with one attached hydrogen (secondary N) is 2. The second kappa shape index (κ2) is 5.43. The third-order valence-corrected chi connectivity index (χ3v) is 3.10. The molecule has 0 bridgehead atoms. The molecule has 2 rings (SSSR count). The maximum absolute atomic E-state index is 11.5.